The summed E-state index contributed by atoms with van der Waals surface area (Å²) >= 11 is 0. The van der Waals surface area contributed by atoms with Gasteiger partial charge in [0.25, 0.3) is 0 Å². The highest BCUT2D eigenvalue weighted by Gasteiger charge is 2.33. The summed E-state index contributed by atoms with van der Waals surface area (Å²) in [6, 6.07) is 1.90. The second kappa shape index (κ2) is 14.8. The fourth-order valence-corrected chi connectivity index (χ4v) is 5.42. The van der Waals surface area contributed by atoms with E-state index >= 15 is 0 Å². The summed E-state index contributed by atoms with van der Waals surface area (Å²) in [5.74, 6) is 2.35. The lowest BCUT2D eigenvalue weighted by atomic mass is 9.85. The molecule has 0 fully saturated rings. The van der Waals surface area contributed by atoms with Crippen molar-refractivity contribution in [1.29, 1.82) is 0 Å². The van der Waals surface area contributed by atoms with Crippen LogP contribution in [0.4, 0.5) is 0 Å². The Kier molecular flexibility index (Phi) is 12.5. The number of carbonyl (C=O) groups excluding carboxylic acids is 1. The van der Waals surface area contributed by atoms with Crippen molar-refractivity contribution < 1.29 is 24.2 Å². The van der Waals surface area contributed by atoms with Gasteiger partial charge in [-0.2, -0.15) is 0 Å². The molecule has 1 aromatic carbocycles. The van der Waals surface area contributed by atoms with E-state index in [1.165, 1.54) is 51.4 Å². The number of ether oxygens (including phenoxy) is 2. The zero-order valence-electron chi connectivity index (χ0n) is 24.6. The number of carbonyl (C=O) groups is 2. The third-order valence-corrected chi connectivity index (χ3v) is 8.18. The van der Waals surface area contributed by atoms with Gasteiger partial charge >= 0.3 is 11.9 Å². The highest BCUT2D eigenvalue weighted by Crippen LogP contribution is 2.42. The van der Waals surface area contributed by atoms with Gasteiger partial charge in [-0.1, -0.05) is 72.6 Å². The molecule has 1 heterocycles. The maximum atomic E-state index is 12.1. The molecule has 1 N–H and O–H groups in total. The van der Waals surface area contributed by atoms with Gasteiger partial charge in [-0.25, -0.2) is 0 Å². The van der Waals surface area contributed by atoms with Crippen molar-refractivity contribution in [1.82, 2.24) is 0 Å². The van der Waals surface area contributed by atoms with Gasteiger partial charge < -0.3 is 14.6 Å². The number of carboxylic acid groups (broad SMARTS) is 1. The first-order valence-corrected chi connectivity index (χ1v) is 14.6. The number of hydrogen-bond acceptors (Lipinski definition) is 4. The van der Waals surface area contributed by atoms with Crippen molar-refractivity contribution in [3.05, 3.63) is 22.8 Å². The van der Waals surface area contributed by atoms with Crippen molar-refractivity contribution in [3.63, 3.8) is 0 Å². The lowest BCUT2D eigenvalue weighted by Gasteiger charge is -2.37. The minimum absolute atomic E-state index is 0.130. The van der Waals surface area contributed by atoms with Crippen molar-refractivity contribution in [2.24, 2.45) is 17.8 Å². The Morgan fingerprint density at radius 3 is 2.14 bits per heavy atom. The first-order chi connectivity index (χ1) is 17.4. The van der Waals surface area contributed by atoms with Crippen LogP contribution in [0.1, 0.15) is 128 Å². The van der Waals surface area contributed by atoms with Gasteiger partial charge in [0.2, 0.25) is 0 Å². The highest BCUT2D eigenvalue weighted by molar-refractivity contribution is 5.78. The Balaban J connectivity index is 1.81. The third kappa shape index (κ3) is 10.7. The summed E-state index contributed by atoms with van der Waals surface area (Å²) in [6.07, 6.45) is 13.1. The number of benzene rings is 1. The van der Waals surface area contributed by atoms with Crippen LogP contribution in [-0.4, -0.2) is 22.6 Å². The van der Waals surface area contributed by atoms with Gasteiger partial charge in [0.1, 0.15) is 17.1 Å². The Hall–Kier alpha value is -2.04. The van der Waals surface area contributed by atoms with E-state index in [9.17, 15) is 9.59 Å². The van der Waals surface area contributed by atoms with Crippen LogP contribution in [0.5, 0.6) is 11.5 Å². The van der Waals surface area contributed by atoms with Crippen LogP contribution in [0.25, 0.3) is 0 Å². The minimum Gasteiger partial charge on any atom is -0.487 e. The SMILES string of the molecule is Cc1c(OC(=O)CCC(=O)O)cc2c(c1C)OC(C)(CCCC(C)CCCC(C)CCCC(C)C)CC2. The molecule has 0 amide bonds. The summed E-state index contributed by atoms with van der Waals surface area (Å²) in [5, 5.41) is 8.80. The number of aryl methyl sites for hydroxylation is 1. The fourth-order valence-electron chi connectivity index (χ4n) is 5.42. The van der Waals surface area contributed by atoms with Crippen molar-refractivity contribution >= 4 is 11.9 Å². The van der Waals surface area contributed by atoms with Gasteiger partial charge in [0, 0.05) is 0 Å². The van der Waals surface area contributed by atoms with Crippen LogP contribution < -0.4 is 9.47 Å². The molecular formula is C32H52O5. The molecule has 5 nitrogen and oxygen atoms in total. The second-order valence-corrected chi connectivity index (χ2v) is 12.4. The van der Waals surface area contributed by atoms with Crippen LogP contribution in [-0.2, 0) is 16.0 Å². The number of aliphatic carboxylic acids is 1. The monoisotopic (exact) mass is 516 g/mol. The molecule has 2 rings (SSSR count). The molecule has 0 bridgehead atoms. The molecule has 5 heteroatoms. The Morgan fingerprint density at radius 2 is 1.54 bits per heavy atom. The van der Waals surface area contributed by atoms with E-state index in [1.807, 2.05) is 19.9 Å². The van der Waals surface area contributed by atoms with Gasteiger partial charge in [0.05, 0.1) is 12.8 Å². The Labute approximate surface area is 225 Å². The van der Waals surface area contributed by atoms with Gasteiger partial charge in [-0.15, -0.1) is 0 Å². The zero-order chi connectivity index (χ0) is 27.6. The summed E-state index contributed by atoms with van der Waals surface area (Å²) in [5.41, 5.74) is 2.77. The highest BCUT2D eigenvalue weighted by atomic mass is 16.5. The average Bonchev–Trinajstić information content (AvgIpc) is 2.81. The predicted molar refractivity (Wildman–Crippen MR) is 150 cm³/mol. The largest absolute Gasteiger partial charge is 0.487 e. The van der Waals surface area contributed by atoms with E-state index in [2.05, 4.69) is 34.6 Å². The van der Waals surface area contributed by atoms with Crippen molar-refractivity contribution in [2.45, 2.75) is 138 Å². The van der Waals surface area contributed by atoms with E-state index in [1.54, 1.807) is 0 Å². The van der Waals surface area contributed by atoms with Crippen LogP contribution in [0, 0.1) is 31.6 Å². The molecule has 1 aliphatic rings. The molecule has 1 aliphatic heterocycles. The molecule has 3 unspecified atom stereocenters. The van der Waals surface area contributed by atoms with E-state index in [0.717, 1.165) is 59.5 Å². The average molecular weight is 517 g/mol. The Morgan fingerprint density at radius 1 is 0.946 bits per heavy atom. The molecular weight excluding hydrogens is 464 g/mol. The fraction of sp³-hybridized carbons (Fsp3) is 0.750. The summed E-state index contributed by atoms with van der Waals surface area (Å²) in [6.45, 7) is 15.6. The molecule has 210 valence electrons. The number of rotatable bonds is 16. The molecule has 0 radical (unpaired) electrons. The summed E-state index contributed by atoms with van der Waals surface area (Å²) in [7, 11) is 0. The molecule has 3 atom stereocenters. The van der Waals surface area contributed by atoms with Crippen molar-refractivity contribution in [2.75, 3.05) is 0 Å². The van der Waals surface area contributed by atoms with Gasteiger partial charge in [0.15, 0.2) is 0 Å². The molecule has 0 spiro atoms. The molecule has 0 saturated heterocycles. The van der Waals surface area contributed by atoms with Crippen LogP contribution in [0.15, 0.2) is 6.07 Å². The van der Waals surface area contributed by atoms with Crippen LogP contribution in [0.3, 0.4) is 0 Å². The second-order valence-electron chi connectivity index (χ2n) is 12.4. The van der Waals surface area contributed by atoms with Gasteiger partial charge in [-0.05, 0) is 87.0 Å². The maximum Gasteiger partial charge on any atom is 0.311 e. The summed E-state index contributed by atoms with van der Waals surface area (Å²) < 4.78 is 12.1. The zero-order valence-corrected chi connectivity index (χ0v) is 24.6. The molecule has 37 heavy (non-hydrogen) atoms. The van der Waals surface area contributed by atoms with Gasteiger partial charge in [-0.3, -0.25) is 9.59 Å². The lowest BCUT2D eigenvalue weighted by molar-refractivity contribution is -0.142. The molecule has 1 aromatic rings. The normalized spacial score (nSPS) is 18.7. The van der Waals surface area contributed by atoms with E-state index in [0.29, 0.717) is 5.75 Å². The van der Waals surface area contributed by atoms with E-state index in [-0.39, 0.29) is 18.4 Å². The van der Waals surface area contributed by atoms with E-state index < -0.39 is 11.9 Å². The summed E-state index contributed by atoms with van der Waals surface area (Å²) in [4.78, 5) is 22.8. The maximum absolute atomic E-state index is 12.1. The quantitative estimate of drug-likeness (QED) is 0.176. The first-order valence-electron chi connectivity index (χ1n) is 14.6. The number of esters is 1. The third-order valence-electron chi connectivity index (χ3n) is 8.18. The standard InChI is InChI=1S/C32H52O5/c1-22(2)11-8-12-23(3)13-9-14-24(4)15-10-19-32(7)20-18-27-21-28(25(5)26(6)31(27)37-32)36-30(35)17-16-29(33)34/h21-24H,8-20H2,1-7H3,(H,33,34). The predicted octanol–water partition coefficient (Wildman–Crippen LogP) is 8.60. The number of hydrogen-bond donors (Lipinski definition) is 1. The van der Waals surface area contributed by atoms with Crippen molar-refractivity contribution in [3.8, 4) is 11.5 Å². The molecule has 0 saturated carbocycles. The van der Waals surface area contributed by atoms with Crippen LogP contribution in [0.2, 0.25) is 0 Å². The molecule has 0 aromatic heterocycles. The topological polar surface area (TPSA) is 72.8 Å². The number of carboxylic acids is 1. The number of fused-ring (bicyclic) bond motifs is 1. The van der Waals surface area contributed by atoms with Crippen LogP contribution >= 0.6 is 0 Å². The van der Waals surface area contributed by atoms with E-state index in [4.69, 9.17) is 14.6 Å². The molecule has 0 aliphatic carbocycles. The smallest absolute Gasteiger partial charge is 0.311 e. The Bertz CT molecular complexity index is 890. The first kappa shape index (κ1) is 31.2. The lowest BCUT2D eigenvalue weighted by Crippen LogP contribution is -2.36. The minimum atomic E-state index is -1.00.